The van der Waals surface area contributed by atoms with E-state index in [-0.39, 0.29) is 5.56 Å². The van der Waals surface area contributed by atoms with E-state index in [1.54, 1.807) is 6.07 Å². The zero-order valence-electron chi connectivity index (χ0n) is 9.96. The molecule has 0 unspecified atom stereocenters. The number of hydrogen-bond acceptors (Lipinski definition) is 3. The van der Waals surface area contributed by atoms with Crippen molar-refractivity contribution >= 4 is 33.0 Å². The van der Waals surface area contributed by atoms with E-state index in [4.69, 9.17) is 5.26 Å². The van der Waals surface area contributed by atoms with E-state index >= 15 is 0 Å². The Morgan fingerprint density at radius 2 is 2.05 bits per heavy atom. The summed E-state index contributed by atoms with van der Waals surface area (Å²) in [4.78, 5) is 0. The number of anilines is 1. The first-order valence-electron chi connectivity index (χ1n) is 5.48. The molecule has 1 aromatic heterocycles. The van der Waals surface area contributed by atoms with Crippen LogP contribution >= 0.6 is 27.3 Å². The zero-order valence-corrected chi connectivity index (χ0v) is 12.4. The molecule has 2 rings (SSSR count). The van der Waals surface area contributed by atoms with E-state index in [0.717, 1.165) is 15.4 Å². The second-order valence-electron chi connectivity index (χ2n) is 3.98. The van der Waals surface area contributed by atoms with Crippen LogP contribution in [0.1, 0.15) is 16.7 Å². The van der Waals surface area contributed by atoms with Crippen LogP contribution in [0.15, 0.2) is 33.4 Å². The van der Waals surface area contributed by atoms with Crippen LogP contribution in [0.2, 0.25) is 0 Å². The third kappa shape index (κ3) is 3.52. The van der Waals surface area contributed by atoms with Gasteiger partial charge in [0.05, 0.1) is 21.0 Å². The molecule has 104 valence electrons. The third-order valence-electron chi connectivity index (χ3n) is 2.56. The van der Waals surface area contributed by atoms with Crippen molar-refractivity contribution in [2.75, 3.05) is 5.32 Å². The second kappa shape index (κ2) is 5.85. The van der Waals surface area contributed by atoms with Gasteiger partial charge in [-0.15, -0.1) is 11.3 Å². The van der Waals surface area contributed by atoms with E-state index in [2.05, 4.69) is 21.2 Å². The Bertz CT molecular complexity index is 658. The maximum absolute atomic E-state index is 12.8. The molecule has 0 amide bonds. The fourth-order valence-electron chi connectivity index (χ4n) is 1.63. The van der Waals surface area contributed by atoms with Crippen LogP contribution in [0.4, 0.5) is 18.9 Å². The molecule has 0 bridgehead atoms. The Hall–Kier alpha value is -1.52. The van der Waals surface area contributed by atoms with Crippen LogP contribution in [0.25, 0.3) is 0 Å². The van der Waals surface area contributed by atoms with Gasteiger partial charge in [0.25, 0.3) is 0 Å². The number of alkyl halides is 3. The molecule has 0 fully saturated rings. The van der Waals surface area contributed by atoms with Crippen LogP contribution in [-0.2, 0) is 12.7 Å². The predicted molar refractivity (Wildman–Crippen MR) is 75.5 cm³/mol. The van der Waals surface area contributed by atoms with Crippen molar-refractivity contribution in [3.05, 3.63) is 50.1 Å². The summed E-state index contributed by atoms with van der Waals surface area (Å²) in [5.74, 6) is 0. The lowest BCUT2D eigenvalue weighted by molar-refractivity contribution is -0.137. The SMILES string of the molecule is N#Cc1ccc(NCc2csc(Br)c2)cc1C(F)(F)F. The highest BCUT2D eigenvalue weighted by atomic mass is 79.9. The summed E-state index contributed by atoms with van der Waals surface area (Å²) in [5, 5.41) is 13.5. The van der Waals surface area contributed by atoms with E-state index in [1.165, 1.54) is 23.5 Å². The van der Waals surface area contributed by atoms with Gasteiger partial charge >= 0.3 is 6.18 Å². The van der Waals surface area contributed by atoms with Gasteiger partial charge < -0.3 is 5.32 Å². The van der Waals surface area contributed by atoms with Crippen LogP contribution < -0.4 is 5.32 Å². The van der Waals surface area contributed by atoms with Crippen LogP contribution in [-0.4, -0.2) is 0 Å². The molecule has 20 heavy (non-hydrogen) atoms. The minimum absolute atomic E-state index is 0.332. The van der Waals surface area contributed by atoms with Gasteiger partial charge in [-0.1, -0.05) is 0 Å². The van der Waals surface area contributed by atoms with Gasteiger partial charge in [-0.3, -0.25) is 0 Å². The number of nitriles is 1. The first kappa shape index (κ1) is 14.9. The maximum atomic E-state index is 12.8. The Labute approximate surface area is 126 Å². The number of nitrogens with zero attached hydrogens (tertiary/aromatic N) is 1. The molecular formula is C13H8BrF3N2S. The van der Waals surface area contributed by atoms with E-state index in [1.807, 2.05) is 11.4 Å². The fraction of sp³-hybridized carbons (Fsp3) is 0.154. The summed E-state index contributed by atoms with van der Waals surface area (Å²) in [6.07, 6.45) is -4.53. The molecule has 2 nitrogen and oxygen atoms in total. The summed E-state index contributed by atoms with van der Waals surface area (Å²) in [6, 6.07) is 7.05. The average molecular weight is 361 g/mol. The van der Waals surface area contributed by atoms with Gasteiger partial charge in [0.1, 0.15) is 0 Å². The molecular weight excluding hydrogens is 353 g/mol. The zero-order chi connectivity index (χ0) is 14.8. The number of benzene rings is 1. The molecule has 0 saturated heterocycles. The minimum Gasteiger partial charge on any atom is -0.381 e. The summed E-state index contributed by atoms with van der Waals surface area (Å²) in [6.45, 7) is 0.422. The normalized spacial score (nSPS) is 11.2. The topological polar surface area (TPSA) is 35.8 Å². The Morgan fingerprint density at radius 3 is 2.60 bits per heavy atom. The smallest absolute Gasteiger partial charge is 0.381 e. The lowest BCUT2D eigenvalue weighted by atomic mass is 10.1. The van der Waals surface area contributed by atoms with E-state index in [0.29, 0.717) is 12.2 Å². The molecule has 2 aromatic rings. The molecule has 1 aromatic carbocycles. The van der Waals surface area contributed by atoms with Gasteiger partial charge in [-0.2, -0.15) is 18.4 Å². The molecule has 0 saturated carbocycles. The summed E-state index contributed by atoms with van der Waals surface area (Å²) >= 11 is 4.83. The predicted octanol–water partition coefficient (Wildman–Crippen LogP) is 5.01. The lowest BCUT2D eigenvalue weighted by Gasteiger charge is -2.11. The standard InChI is InChI=1S/C13H8BrF3N2S/c14-12-3-8(7-20-12)6-19-10-2-1-9(5-18)11(4-10)13(15,16)17/h1-4,7,19H,6H2. The first-order valence-corrected chi connectivity index (χ1v) is 7.15. The largest absolute Gasteiger partial charge is 0.417 e. The number of nitrogens with one attached hydrogen (secondary N) is 1. The Kier molecular flexibility index (Phi) is 4.35. The number of thiophene rings is 1. The molecule has 7 heteroatoms. The molecule has 1 heterocycles. The van der Waals surface area contributed by atoms with Gasteiger partial charge in [-0.05, 0) is 51.1 Å². The first-order chi connectivity index (χ1) is 9.40. The quantitative estimate of drug-likeness (QED) is 0.834. The van der Waals surface area contributed by atoms with E-state index < -0.39 is 11.7 Å². The summed E-state index contributed by atoms with van der Waals surface area (Å²) in [5.41, 5.74) is 0.0104. The van der Waals surface area contributed by atoms with Crippen molar-refractivity contribution in [3.63, 3.8) is 0 Å². The second-order valence-corrected chi connectivity index (χ2v) is 6.27. The van der Waals surface area contributed by atoms with Crippen LogP contribution in [0, 0.1) is 11.3 Å². The molecule has 0 atom stereocenters. The number of hydrogen-bond donors (Lipinski definition) is 1. The summed E-state index contributed by atoms with van der Waals surface area (Å²) in [7, 11) is 0. The van der Waals surface area contributed by atoms with Gasteiger partial charge in [0, 0.05) is 12.2 Å². The fourth-order valence-corrected chi connectivity index (χ4v) is 2.84. The molecule has 1 N–H and O–H groups in total. The third-order valence-corrected chi connectivity index (χ3v) is 4.12. The monoisotopic (exact) mass is 360 g/mol. The van der Waals surface area contributed by atoms with E-state index in [9.17, 15) is 13.2 Å². The molecule has 0 aliphatic heterocycles. The lowest BCUT2D eigenvalue weighted by Crippen LogP contribution is -2.09. The van der Waals surface area contributed by atoms with Gasteiger partial charge in [0.2, 0.25) is 0 Å². The van der Waals surface area contributed by atoms with Crippen molar-refractivity contribution < 1.29 is 13.2 Å². The molecule has 0 radical (unpaired) electrons. The van der Waals surface area contributed by atoms with Gasteiger partial charge in [-0.25, -0.2) is 0 Å². The summed E-state index contributed by atoms with van der Waals surface area (Å²) < 4.78 is 39.4. The van der Waals surface area contributed by atoms with Crippen molar-refractivity contribution in [2.45, 2.75) is 12.7 Å². The van der Waals surface area contributed by atoms with Crippen LogP contribution in [0.5, 0.6) is 0 Å². The molecule has 0 aliphatic rings. The van der Waals surface area contributed by atoms with Crippen molar-refractivity contribution in [1.82, 2.24) is 0 Å². The van der Waals surface area contributed by atoms with Crippen molar-refractivity contribution in [1.29, 1.82) is 5.26 Å². The molecule has 0 spiro atoms. The molecule has 0 aliphatic carbocycles. The Morgan fingerprint density at radius 1 is 1.30 bits per heavy atom. The Balaban J connectivity index is 2.19. The van der Waals surface area contributed by atoms with Crippen molar-refractivity contribution in [2.24, 2.45) is 0 Å². The minimum atomic E-state index is -4.53. The number of rotatable bonds is 3. The average Bonchev–Trinajstić information content (AvgIpc) is 2.81. The maximum Gasteiger partial charge on any atom is 0.417 e. The van der Waals surface area contributed by atoms with Crippen LogP contribution in [0.3, 0.4) is 0 Å². The highest BCUT2D eigenvalue weighted by Gasteiger charge is 2.33. The number of halogens is 4. The highest BCUT2D eigenvalue weighted by molar-refractivity contribution is 9.11. The van der Waals surface area contributed by atoms with Gasteiger partial charge in [0.15, 0.2) is 0 Å². The highest BCUT2D eigenvalue weighted by Crippen LogP contribution is 2.33. The van der Waals surface area contributed by atoms with Crippen molar-refractivity contribution in [3.8, 4) is 6.07 Å².